The van der Waals surface area contributed by atoms with Crippen LogP contribution in [-0.2, 0) is 0 Å². The minimum Gasteiger partial charge on any atom is -0.496 e. The van der Waals surface area contributed by atoms with Crippen molar-refractivity contribution >= 4 is 5.78 Å². The van der Waals surface area contributed by atoms with E-state index in [2.05, 4.69) is 10.1 Å². The first-order valence-electron chi connectivity index (χ1n) is 9.43. The Hall–Kier alpha value is -3.15. The number of Topliss-reactive ketones (excluding diaryl/α,β-unsaturated/α-hetero) is 1. The highest BCUT2D eigenvalue weighted by Gasteiger charge is 2.37. The molecule has 0 aliphatic carbocycles. The van der Waals surface area contributed by atoms with Gasteiger partial charge in [-0.2, -0.15) is 4.98 Å². The average Bonchev–Trinajstić information content (AvgIpc) is 3.23. The van der Waals surface area contributed by atoms with Crippen LogP contribution in [0.3, 0.4) is 0 Å². The number of benzene rings is 2. The molecule has 0 bridgehead atoms. The molecule has 0 saturated carbocycles. The van der Waals surface area contributed by atoms with Crippen LogP contribution in [0.25, 0.3) is 22.8 Å². The lowest BCUT2D eigenvalue weighted by Gasteiger charge is -2.36. The van der Waals surface area contributed by atoms with E-state index in [1.165, 1.54) is 0 Å². The molecule has 0 fully saturated rings. The molecular formula is C22H22N2O4. The number of hydrogen-bond donors (Lipinski definition) is 0. The summed E-state index contributed by atoms with van der Waals surface area (Å²) >= 11 is 0. The van der Waals surface area contributed by atoms with E-state index in [0.29, 0.717) is 40.8 Å². The van der Waals surface area contributed by atoms with Crippen molar-refractivity contribution in [1.82, 2.24) is 10.1 Å². The minimum absolute atomic E-state index is 0.0799. The summed E-state index contributed by atoms with van der Waals surface area (Å²) in [5.74, 6) is 2.15. The Morgan fingerprint density at radius 2 is 1.89 bits per heavy atom. The number of ketones is 1. The standard InChI is InChI=1S/C22H22N2O4/c1-4-22(5-2)13-17(25)16-12-14(10-11-19(16)27-22)21-23-20(24-28-21)15-8-6-7-9-18(15)26-3/h6-12H,4-5,13H2,1-3H3. The van der Waals surface area contributed by atoms with Gasteiger partial charge in [-0.1, -0.05) is 31.1 Å². The number of rotatable bonds is 5. The molecule has 2 heterocycles. The van der Waals surface area contributed by atoms with Crippen LogP contribution in [0.1, 0.15) is 43.5 Å². The monoisotopic (exact) mass is 378 g/mol. The maximum absolute atomic E-state index is 12.7. The maximum atomic E-state index is 12.7. The molecule has 6 heteroatoms. The van der Waals surface area contributed by atoms with E-state index in [4.69, 9.17) is 14.0 Å². The third-order valence-electron chi connectivity index (χ3n) is 5.40. The highest BCUT2D eigenvalue weighted by Crippen LogP contribution is 2.39. The van der Waals surface area contributed by atoms with Crippen LogP contribution in [0.4, 0.5) is 0 Å². The lowest BCUT2D eigenvalue weighted by atomic mass is 9.85. The topological polar surface area (TPSA) is 74.5 Å². The average molecular weight is 378 g/mol. The predicted molar refractivity (Wildman–Crippen MR) is 105 cm³/mol. The molecule has 0 unspecified atom stereocenters. The molecule has 1 aliphatic heterocycles. The van der Waals surface area contributed by atoms with Crippen LogP contribution in [-0.4, -0.2) is 28.6 Å². The molecule has 2 aromatic carbocycles. The second-order valence-corrected chi connectivity index (χ2v) is 6.93. The van der Waals surface area contributed by atoms with E-state index in [9.17, 15) is 4.79 Å². The van der Waals surface area contributed by atoms with Crippen LogP contribution < -0.4 is 9.47 Å². The Kier molecular flexibility index (Phi) is 4.63. The fourth-order valence-electron chi connectivity index (χ4n) is 3.55. The van der Waals surface area contributed by atoms with Gasteiger partial charge in [0.05, 0.1) is 24.7 Å². The smallest absolute Gasteiger partial charge is 0.258 e. The first-order chi connectivity index (χ1) is 13.6. The Morgan fingerprint density at radius 3 is 2.64 bits per heavy atom. The number of methoxy groups -OCH3 is 1. The van der Waals surface area contributed by atoms with Crippen molar-refractivity contribution in [2.45, 2.75) is 38.7 Å². The number of hydrogen-bond acceptors (Lipinski definition) is 6. The Morgan fingerprint density at radius 1 is 1.11 bits per heavy atom. The molecule has 1 aliphatic rings. The van der Waals surface area contributed by atoms with E-state index < -0.39 is 5.60 Å². The van der Waals surface area contributed by atoms with Gasteiger partial charge in [-0.15, -0.1) is 0 Å². The van der Waals surface area contributed by atoms with Gasteiger partial charge in [0.15, 0.2) is 5.78 Å². The van der Waals surface area contributed by atoms with Crippen molar-refractivity contribution in [3.05, 3.63) is 48.0 Å². The maximum Gasteiger partial charge on any atom is 0.258 e. The molecule has 0 atom stereocenters. The lowest BCUT2D eigenvalue weighted by Crippen LogP contribution is -2.40. The van der Waals surface area contributed by atoms with Crippen molar-refractivity contribution in [2.24, 2.45) is 0 Å². The summed E-state index contributed by atoms with van der Waals surface area (Å²) in [5.41, 5.74) is 1.58. The Balaban J connectivity index is 1.68. The van der Waals surface area contributed by atoms with Crippen LogP contribution in [0.5, 0.6) is 11.5 Å². The number of carbonyl (C=O) groups excluding carboxylic acids is 1. The Bertz CT molecular complexity index is 1020. The fourth-order valence-corrected chi connectivity index (χ4v) is 3.55. The predicted octanol–water partition coefficient (Wildman–Crippen LogP) is 4.94. The van der Waals surface area contributed by atoms with E-state index in [-0.39, 0.29) is 5.78 Å². The van der Waals surface area contributed by atoms with Gasteiger partial charge >= 0.3 is 0 Å². The molecule has 0 N–H and O–H groups in total. The highest BCUT2D eigenvalue weighted by molar-refractivity contribution is 6.01. The molecule has 28 heavy (non-hydrogen) atoms. The fraction of sp³-hybridized carbons (Fsp3) is 0.318. The van der Waals surface area contributed by atoms with Crippen molar-refractivity contribution in [3.63, 3.8) is 0 Å². The number of aromatic nitrogens is 2. The van der Waals surface area contributed by atoms with Crippen LogP contribution in [0.15, 0.2) is 47.0 Å². The minimum atomic E-state index is -0.410. The first kappa shape index (κ1) is 18.2. The molecule has 4 rings (SSSR count). The Labute approximate surface area is 163 Å². The lowest BCUT2D eigenvalue weighted by molar-refractivity contribution is 0.0350. The van der Waals surface area contributed by atoms with Crippen molar-refractivity contribution < 1.29 is 18.8 Å². The van der Waals surface area contributed by atoms with Crippen molar-refractivity contribution in [1.29, 1.82) is 0 Å². The summed E-state index contributed by atoms with van der Waals surface area (Å²) in [6, 6.07) is 12.9. The second-order valence-electron chi connectivity index (χ2n) is 6.93. The van der Waals surface area contributed by atoms with Gasteiger partial charge in [-0.25, -0.2) is 0 Å². The summed E-state index contributed by atoms with van der Waals surface area (Å²) in [6.07, 6.45) is 1.97. The summed E-state index contributed by atoms with van der Waals surface area (Å²) in [4.78, 5) is 17.2. The van der Waals surface area contributed by atoms with Gasteiger partial charge in [0, 0.05) is 5.56 Å². The largest absolute Gasteiger partial charge is 0.496 e. The van der Waals surface area contributed by atoms with Gasteiger partial charge in [-0.3, -0.25) is 4.79 Å². The normalized spacial score (nSPS) is 15.0. The summed E-state index contributed by atoms with van der Waals surface area (Å²) in [5, 5.41) is 4.07. The summed E-state index contributed by atoms with van der Waals surface area (Å²) in [7, 11) is 1.60. The van der Waals surface area contributed by atoms with Gasteiger partial charge in [0.1, 0.15) is 17.1 Å². The third kappa shape index (κ3) is 3.05. The SMILES string of the molecule is CCC1(CC)CC(=O)c2cc(-c3nc(-c4ccccc4OC)no3)ccc2O1. The molecule has 0 radical (unpaired) electrons. The molecule has 0 saturated heterocycles. The molecule has 6 nitrogen and oxygen atoms in total. The number of ether oxygens (including phenoxy) is 2. The van der Waals surface area contributed by atoms with E-state index >= 15 is 0 Å². The summed E-state index contributed by atoms with van der Waals surface area (Å²) < 4.78 is 17.0. The molecular weight excluding hydrogens is 356 g/mol. The van der Waals surface area contributed by atoms with Crippen molar-refractivity contribution in [2.75, 3.05) is 7.11 Å². The number of fused-ring (bicyclic) bond motifs is 1. The van der Waals surface area contributed by atoms with Gasteiger partial charge in [-0.05, 0) is 43.2 Å². The van der Waals surface area contributed by atoms with E-state index in [1.807, 2.05) is 50.2 Å². The van der Waals surface area contributed by atoms with Crippen LogP contribution >= 0.6 is 0 Å². The van der Waals surface area contributed by atoms with Gasteiger partial charge in [0.2, 0.25) is 5.82 Å². The van der Waals surface area contributed by atoms with Crippen molar-refractivity contribution in [3.8, 4) is 34.3 Å². The number of para-hydroxylation sites is 1. The zero-order chi connectivity index (χ0) is 19.7. The van der Waals surface area contributed by atoms with Crippen LogP contribution in [0, 0.1) is 0 Å². The highest BCUT2D eigenvalue weighted by atomic mass is 16.5. The zero-order valence-electron chi connectivity index (χ0n) is 16.2. The molecule has 3 aromatic rings. The summed E-state index contributed by atoms with van der Waals surface area (Å²) in [6.45, 7) is 4.10. The number of carbonyl (C=O) groups is 1. The van der Waals surface area contributed by atoms with Gasteiger partial charge < -0.3 is 14.0 Å². The molecule has 1 aromatic heterocycles. The zero-order valence-corrected chi connectivity index (χ0v) is 16.2. The molecule has 0 amide bonds. The van der Waals surface area contributed by atoms with Gasteiger partial charge in [0.25, 0.3) is 5.89 Å². The van der Waals surface area contributed by atoms with E-state index in [1.54, 1.807) is 13.2 Å². The quantitative estimate of drug-likeness (QED) is 0.626. The number of nitrogens with zero attached hydrogens (tertiary/aromatic N) is 2. The molecule has 144 valence electrons. The third-order valence-corrected chi connectivity index (χ3v) is 5.40. The second kappa shape index (κ2) is 7.11. The molecule has 0 spiro atoms. The first-order valence-corrected chi connectivity index (χ1v) is 9.43. The van der Waals surface area contributed by atoms with E-state index in [0.717, 1.165) is 18.4 Å². The van der Waals surface area contributed by atoms with Crippen LogP contribution in [0.2, 0.25) is 0 Å².